The van der Waals surface area contributed by atoms with E-state index >= 15 is 0 Å². The van der Waals surface area contributed by atoms with Gasteiger partial charge in [0.15, 0.2) is 0 Å². The van der Waals surface area contributed by atoms with Crippen LogP contribution in [0.3, 0.4) is 0 Å². The first kappa shape index (κ1) is 30.7. The van der Waals surface area contributed by atoms with E-state index in [-0.39, 0.29) is 0 Å². The van der Waals surface area contributed by atoms with Crippen molar-refractivity contribution in [2.24, 2.45) is 0 Å². The van der Waals surface area contributed by atoms with Gasteiger partial charge in [0, 0.05) is 0 Å². The fourth-order valence-corrected chi connectivity index (χ4v) is 5.64. The predicted octanol–water partition coefficient (Wildman–Crippen LogP) is 10.7. The molecule has 2 aromatic rings. The molecule has 2 heteroatoms. The zero-order valence-electron chi connectivity index (χ0n) is 24.1. The molecule has 0 radical (unpaired) electrons. The Bertz CT molecular complexity index is 720. The van der Waals surface area contributed by atoms with Crippen molar-refractivity contribution in [3.05, 3.63) is 54.1 Å². The summed E-state index contributed by atoms with van der Waals surface area (Å²) >= 11 is 0. The van der Waals surface area contributed by atoms with Gasteiger partial charge in [0.25, 0.3) is 5.82 Å². The molecule has 36 heavy (non-hydrogen) atoms. The molecule has 1 heterocycles. The van der Waals surface area contributed by atoms with E-state index in [1.165, 1.54) is 146 Å². The summed E-state index contributed by atoms with van der Waals surface area (Å²) in [6.07, 6.45) is 34.1. The van der Waals surface area contributed by atoms with Crippen LogP contribution in [-0.4, -0.2) is 4.98 Å². The Morgan fingerprint density at radius 1 is 0.583 bits per heavy atom. The highest BCUT2D eigenvalue weighted by atomic mass is 15.1. The van der Waals surface area contributed by atoms with Gasteiger partial charge in [-0.05, 0) is 18.4 Å². The smallest absolute Gasteiger partial charge is 0.247 e. The first-order valence-electron chi connectivity index (χ1n) is 16.0. The molecule has 0 aliphatic rings. The zero-order chi connectivity index (χ0) is 25.5. The third-order valence-corrected chi connectivity index (χ3v) is 7.94. The third kappa shape index (κ3) is 14.2. The van der Waals surface area contributed by atoms with Gasteiger partial charge in [0.1, 0.15) is 18.9 Å². The van der Waals surface area contributed by atoms with Crippen LogP contribution in [0.1, 0.15) is 166 Å². The summed E-state index contributed by atoms with van der Waals surface area (Å²) in [6, 6.07) is 10.9. The molecule has 2 nitrogen and oxygen atoms in total. The summed E-state index contributed by atoms with van der Waals surface area (Å²) in [5, 5.41) is 0. The lowest BCUT2D eigenvalue weighted by Gasteiger charge is -2.14. The van der Waals surface area contributed by atoms with Crippen LogP contribution in [0.15, 0.2) is 42.7 Å². The minimum absolute atomic E-state index is 0.669. The van der Waals surface area contributed by atoms with E-state index in [2.05, 4.69) is 66.1 Å². The molecular weight excluding hydrogens is 436 g/mol. The zero-order valence-corrected chi connectivity index (χ0v) is 24.1. The van der Waals surface area contributed by atoms with Crippen LogP contribution in [0.2, 0.25) is 0 Å². The first-order chi connectivity index (χ1) is 17.8. The van der Waals surface area contributed by atoms with Gasteiger partial charge < -0.3 is 0 Å². The van der Waals surface area contributed by atoms with E-state index in [0.717, 1.165) is 6.54 Å². The van der Waals surface area contributed by atoms with E-state index in [4.69, 9.17) is 0 Å². The third-order valence-electron chi connectivity index (χ3n) is 7.94. The van der Waals surface area contributed by atoms with Gasteiger partial charge in [0.05, 0.1) is 5.92 Å². The topological polar surface area (TPSA) is 19.7 Å². The molecule has 1 aromatic carbocycles. The number of benzene rings is 1. The van der Waals surface area contributed by atoms with Crippen molar-refractivity contribution in [3.63, 3.8) is 0 Å². The summed E-state index contributed by atoms with van der Waals surface area (Å²) in [5.74, 6) is 2.11. The van der Waals surface area contributed by atoms with Crippen LogP contribution in [0, 0.1) is 0 Å². The predicted molar refractivity (Wildman–Crippen MR) is 158 cm³/mol. The Hall–Kier alpha value is -1.57. The molecule has 0 bridgehead atoms. The molecule has 1 aromatic heterocycles. The van der Waals surface area contributed by atoms with Gasteiger partial charge in [0.2, 0.25) is 0 Å². The molecule has 0 saturated heterocycles. The maximum atomic E-state index is 3.63. The van der Waals surface area contributed by atoms with E-state index in [9.17, 15) is 0 Å². The van der Waals surface area contributed by atoms with Gasteiger partial charge in [-0.15, -0.1) is 0 Å². The van der Waals surface area contributed by atoms with E-state index in [0.29, 0.717) is 5.92 Å². The number of hydrogen-bond acceptors (Lipinski definition) is 0. The second-order valence-corrected chi connectivity index (χ2v) is 11.2. The molecule has 2 rings (SSSR count). The van der Waals surface area contributed by atoms with Crippen molar-refractivity contribution in [3.8, 4) is 0 Å². The Labute approximate surface area is 224 Å². The average Bonchev–Trinajstić information content (AvgIpc) is 3.36. The van der Waals surface area contributed by atoms with Gasteiger partial charge in [-0.25, -0.2) is 9.55 Å². The summed E-state index contributed by atoms with van der Waals surface area (Å²) in [5.41, 5.74) is 1.39. The van der Waals surface area contributed by atoms with Crippen LogP contribution in [0.25, 0.3) is 0 Å². The number of aromatic amines is 1. The van der Waals surface area contributed by atoms with Gasteiger partial charge >= 0.3 is 0 Å². The molecule has 0 amide bonds. The first-order valence-corrected chi connectivity index (χ1v) is 16.0. The van der Waals surface area contributed by atoms with Crippen molar-refractivity contribution in [1.29, 1.82) is 0 Å². The maximum absolute atomic E-state index is 3.63. The second-order valence-electron chi connectivity index (χ2n) is 11.2. The maximum Gasteiger partial charge on any atom is 0.257 e. The lowest BCUT2D eigenvalue weighted by molar-refractivity contribution is -0.695. The van der Waals surface area contributed by atoms with Crippen LogP contribution < -0.4 is 4.57 Å². The van der Waals surface area contributed by atoms with Crippen LogP contribution in [-0.2, 0) is 6.54 Å². The molecular formula is C34H59N2+. The van der Waals surface area contributed by atoms with E-state index in [1.54, 1.807) is 0 Å². The summed E-state index contributed by atoms with van der Waals surface area (Å²) < 4.78 is 2.46. The van der Waals surface area contributed by atoms with Crippen molar-refractivity contribution < 1.29 is 4.57 Å². The van der Waals surface area contributed by atoms with Gasteiger partial charge in [-0.1, -0.05) is 166 Å². The minimum atomic E-state index is 0.669. The summed E-state index contributed by atoms with van der Waals surface area (Å²) in [4.78, 5) is 3.63. The van der Waals surface area contributed by atoms with E-state index in [1.807, 2.05) is 0 Å². The Kier molecular flexibility index (Phi) is 18.3. The number of H-pyrrole nitrogens is 1. The molecule has 0 spiro atoms. The number of nitrogens with zero attached hydrogens (tertiary/aromatic N) is 1. The molecule has 0 fully saturated rings. The largest absolute Gasteiger partial charge is 0.257 e. The Balaban J connectivity index is 1.61. The molecule has 0 aliphatic heterocycles. The monoisotopic (exact) mass is 495 g/mol. The van der Waals surface area contributed by atoms with Gasteiger partial charge in [-0.2, -0.15) is 0 Å². The van der Waals surface area contributed by atoms with Crippen molar-refractivity contribution in [2.45, 2.75) is 161 Å². The van der Waals surface area contributed by atoms with Gasteiger partial charge in [-0.3, -0.25) is 0 Å². The number of aromatic nitrogens is 2. The summed E-state index contributed by atoms with van der Waals surface area (Å²) in [6.45, 7) is 5.59. The van der Waals surface area contributed by atoms with Crippen molar-refractivity contribution in [1.82, 2.24) is 4.98 Å². The highest BCUT2D eigenvalue weighted by Crippen LogP contribution is 2.26. The fraction of sp³-hybridized carbons (Fsp3) is 0.735. The van der Waals surface area contributed by atoms with Crippen LogP contribution >= 0.6 is 0 Å². The Morgan fingerprint density at radius 3 is 1.53 bits per heavy atom. The average molecular weight is 496 g/mol. The number of hydrogen-bond donors (Lipinski definition) is 1. The molecule has 1 N–H and O–H groups in total. The van der Waals surface area contributed by atoms with Crippen LogP contribution in [0.4, 0.5) is 0 Å². The normalized spacial score (nSPS) is 12.3. The van der Waals surface area contributed by atoms with E-state index < -0.39 is 0 Å². The molecule has 1 atom stereocenters. The molecule has 0 aliphatic carbocycles. The SMILES string of the molecule is CCCCCCCCCCCCCCCCC[C@H](CCCCCC)c1[nH]cc[n+]1Cc1ccccc1. The van der Waals surface area contributed by atoms with Crippen LogP contribution in [0.5, 0.6) is 0 Å². The lowest BCUT2D eigenvalue weighted by atomic mass is 9.93. The molecule has 0 saturated carbocycles. The summed E-state index contributed by atoms with van der Waals surface area (Å²) in [7, 11) is 0. The molecule has 204 valence electrons. The quantitative estimate of drug-likeness (QED) is 0.110. The number of rotatable bonds is 24. The number of imidazole rings is 1. The molecule has 0 unspecified atom stereocenters. The van der Waals surface area contributed by atoms with Crippen molar-refractivity contribution >= 4 is 0 Å². The minimum Gasteiger partial charge on any atom is -0.247 e. The number of unbranched alkanes of at least 4 members (excludes halogenated alkanes) is 17. The van der Waals surface area contributed by atoms with Crippen molar-refractivity contribution in [2.75, 3.05) is 0 Å². The highest BCUT2D eigenvalue weighted by Gasteiger charge is 2.22. The number of nitrogens with one attached hydrogen (secondary N) is 1. The fourth-order valence-electron chi connectivity index (χ4n) is 5.64. The highest BCUT2D eigenvalue weighted by molar-refractivity contribution is 5.13. The lowest BCUT2D eigenvalue weighted by Crippen LogP contribution is -2.38. The Morgan fingerprint density at radius 2 is 1.03 bits per heavy atom. The standard InChI is InChI=1S/C34H58N2/c1-3-5-7-9-10-11-12-13-14-15-16-17-18-19-24-28-33(27-23-8-6-4-2)34-35-29-30-36(34)31-32-25-21-20-22-26-32/h20-22,25-26,29-30,33H,3-19,23-24,27-28,31H2,1-2H3/p+1/t33-/m0/s1. The second kappa shape index (κ2) is 21.5.